The summed E-state index contributed by atoms with van der Waals surface area (Å²) in [5.74, 6) is -0.0315. The molecule has 2 N–H and O–H groups in total. The van der Waals surface area contributed by atoms with Crippen LogP contribution in [0.5, 0.6) is 0 Å². The monoisotopic (exact) mass is 326 g/mol. The van der Waals surface area contributed by atoms with E-state index in [2.05, 4.69) is 10.6 Å². The van der Waals surface area contributed by atoms with E-state index in [0.29, 0.717) is 5.92 Å². The second kappa shape index (κ2) is 8.76. The first kappa shape index (κ1) is 18.5. The molecule has 0 aromatic heterocycles. The van der Waals surface area contributed by atoms with Crippen LogP contribution >= 0.6 is 12.4 Å². The largest absolute Gasteiger partial charge is 0.469 e. The van der Waals surface area contributed by atoms with Crippen molar-refractivity contribution in [2.75, 3.05) is 20.2 Å². The fraction of sp³-hybridized carbons (Fsp3) is 0.500. The summed E-state index contributed by atoms with van der Waals surface area (Å²) < 4.78 is 4.72. The van der Waals surface area contributed by atoms with Crippen molar-refractivity contribution in [2.24, 2.45) is 11.8 Å². The van der Waals surface area contributed by atoms with Crippen molar-refractivity contribution in [3.8, 4) is 0 Å². The highest BCUT2D eigenvalue weighted by molar-refractivity contribution is 5.85. The van der Waals surface area contributed by atoms with Crippen LogP contribution in [0.4, 0.5) is 0 Å². The molecule has 1 fully saturated rings. The van der Waals surface area contributed by atoms with Gasteiger partial charge < -0.3 is 15.4 Å². The van der Waals surface area contributed by atoms with Gasteiger partial charge in [0.05, 0.1) is 19.6 Å². The maximum Gasteiger partial charge on any atom is 0.307 e. The predicted octanol–water partition coefficient (Wildman–Crippen LogP) is 1.68. The zero-order chi connectivity index (χ0) is 15.2. The first-order valence-electron chi connectivity index (χ1n) is 7.24. The Hall–Kier alpha value is -1.59. The summed E-state index contributed by atoms with van der Waals surface area (Å²) >= 11 is 0. The maximum absolute atomic E-state index is 12.3. The van der Waals surface area contributed by atoms with Gasteiger partial charge in [-0.2, -0.15) is 0 Å². The Balaban J connectivity index is 0.00000242. The first-order valence-corrected chi connectivity index (χ1v) is 7.24. The number of halogens is 1. The Labute approximate surface area is 137 Å². The maximum atomic E-state index is 12.3. The summed E-state index contributed by atoms with van der Waals surface area (Å²) in [6, 6.07) is 9.16. The molecule has 5 nitrogen and oxygen atoms in total. The van der Waals surface area contributed by atoms with E-state index < -0.39 is 0 Å². The van der Waals surface area contributed by atoms with Crippen LogP contribution < -0.4 is 10.6 Å². The number of esters is 1. The number of benzene rings is 1. The van der Waals surface area contributed by atoms with Gasteiger partial charge in [-0.05, 0) is 24.6 Å². The zero-order valence-corrected chi connectivity index (χ0v) is 13.7. The highest BCUT2D eigenvalue weighted by Gasteiger charge is 2.30. The van der Waals surface area contributed by atoms with Crippen LogP contribution in [0.1, 0.15) is 24.9 Å². The molecule has 6 heteroatoms. The number of ether oxygens (including phenoxy) is 1. The van der Waals surface area contributed by atoms with Gasteiger partial charge in [-0.1, -0.05) is 37.3 Å². The Morgan fingerprint density at radius 2 is 1.95 bits per heavy atom. The third-order valence-corrected chi connectivity index (χ3v) is 4.05. The number of carbonyl (C=O) groups is 2. The minimum absolute atomic E-state index is 0. The van der Waals surface area contributed by atoms with Crippen molar-refractivity contribution < 1.29 is 14.3 Å². The van der Waals surface area contributed by atoms with Crippen LogP contribution in [-0.2, 0) is 14.3 Å². The minimum atomic E-state index is -0.346. The normalized spacial score (nSPS) is 16.6. The summed E-state index contributed by atoms with van der Waals surface area (Å²) in [6.45, 7) is 3.68. The topological polar surface area (TPSA) is 67.4 Å². The molecule has 1 aliphatic heterocycles. The highest BCUT2D eigenvalue weighted by Crippen LogP contribution is 2.21. The van der Waals surface area contributed by atoms with Gasteiger partial charge in [-0.3, -0.25) is 9.59 Å². The van der Waals surface area contributed by atoms with Crippen molar-refractivity contribution in [1.82, 2.24) is 10.6 Å². The molecule has 2 unspecified atom stereocenters. The fourth-order valence-electron chi connectivity index (χ4n) is 2.37. The van der Waals surface area contributed by atoms with Gasteiger partial charge >= 0.3 is 5.97 Å². The fourth-order valence-corrected chi connectivity index (χ4v) is 2.37. The molecule has 1 aliphatic rings. The molecule has 2 rings (SSSR count). The van der Waals surface area contributed by atoms with Crippen LogP contribution in [-0.4, -0.2) is 32.1 Å². The van der Waals surface area contributed by atoms with Gasteiger partial charge in [0, 0.05) is 5.92 Å². The SMILES string of the molecule is COC(=O)CC(NC(=O)C(C)C1CNC1)c1ccccc1.Cl. The third-order valence-electron chi connectivity index (χ3n) is 4.05. The zero-order valence-electron chi connectivity index (χ0n) is 12.9. The van der Waals surface area contributed by atoms with E-state index in [1.165, 1.54) is 7.11 Å². The van der Waals surface area contributed by atoms with E-state index in [1.807, 2.05) is 37.3 Å². The molecule has 2 atom stereocenters. The Morgan fingerprint density at radius 1 is 1.32 bits per heavy atom. The van der Waals surface area contributed by atoms with Crippen molar-refractivity contribution >= 4 is 24.3 Å². The van der Waals surface area contributed by atoms with Gasteiger partial charge in [0.1, 0.15) is 0 Å². The van der Waals surface area contributed by atoms with Gasteiger partial charge in [0.2, 0.25) is 5.91 Å². The van der Waals surface area contributed by atoms with E-state index >= 15 is 0 Å². The standard InChI is InChI=1S/C16H22N2O3.ClH/c1-11(13-9-17-10-13)16(20)18-14(8-15(19)21-2)12-6-4-3-5-7-12;/h3-7,11,13-14,17H,8-10H2,1-2H3,(H,18,20);1H. The lowest BCUT2D eigenvalue weighted by atomic mass is 9.88. The Morgan fingerprint density at radius 3 is 2.45 bits per heavy atom. The minimum Gasteiger partial charge on any atom is -0.469 e. The number of rotatable bonds is 6. The molecule has 0 radical (unpaired) electrons. The summed E-state index contributed by atoms with van der Waals surface area (Å²) in [4.78, 5) is 23.9. The highest BCUT2D eigenvalue weighted by atomic mass is 35.5. The van der Waals surface area contributed by atoms with E-state index in [0.717, 1.165) is 18.7 Å². The number of carbonyl (C=O) groups excluding carboxylic acids is 2. The quantitative estimate of drug-likeness (QED) is 0.781. The number of nitrogens with one attached hydrogen (secondary N) is 2. The number of methoxy groups -OCH3 is 1. The van der Waals surface area contributed by atoms with Crippen LogP contribution in [0, 0.1) is 11.8 Å². The van der Waals surface area contributed by atoms with Crippen molar-refractivity contribution in [1.29, 1.82) is 0 Å². The number of hydrogen-bond acceptors (Lipinski definition) is 4. The van der Waals surface area contributed by atoms with Crippen molar-refractivity contribution in [2.45, 2.75) is 19.4 Å². The number of amides is 1. The lowest BCUT2D eigenvalue weighted by molar-refractivity contribution is -0.141. The van der Waals surface area contributed by atoms with Crippen LogP contribution in [0.3, 0.4) is 0 Å². The molecule has 0 bridgehead atoms. The molecule has 0 aliphatic carbocycles. The van der Waals surface area contributed by atoms with Crippen LogP contribution in [0.2, 0.25) is 0 Å². The second-order valence-electron chi connectivity index (χ2n) is 5.46. The molecule has 22 heavy (non-hydrogen) atoms. The Bertz CT molecular complexity index is 491. The van der Waals surface area contributed by atoms with Crippen molar-refractivity contribution in [3.05, 3.63) is 35.9 Å². The summed E-state index contributed by atoms with van der Waals surface area (Å²) in [5, 5.41) is 6.15. The molecule has 1 aromatic carbocycles. The van der Waals surface area contributed by atoms with Gasteiger partial charge in [-0.15, -0.1) is 12.4 Å². The summed E-state index contributed by atoms with van der Waals surface area (Å²) in [7, 11) is 1.36. The lowest BCUT2D eigenvalue weighted by Gasteiger charge is -2.32. The third kappa shape index (κ3) is 4.71. The van der Waals surface area contributed by atoms with E-state index in [-0.39, 0.29) is 42.7 Å². The molecular weight excluding hydrogens is 304 g/mol. The molecule has 1 amide bonds. The lowest BCUT2D eigenvalue weighted by Crippen LogP contribution is -2.50. The molecule has 0 spiro atoms. The van der Waals surface area contributed by atoms with Gasteiger partial charge in [0.15, 0.2) is 0 Å². The molecule has 1 aromatic rings. The molecule has 122 valence electrons. The van der Waals surface area contributed by atoms with Gasteiger partial charge in [-0.25, -0.2) is 0 Å². The molecule has 1 heterocycles. The van der Waals surface area contributed by atoms with Crippen LogP contribution in [0.15, 0.2) is 30.3 Å². The number of hydrogen-bond donors (Lipinski definition) is 2. The predicted molar refractivity (Wildman–Crippen MR) is 86.7 cm³/mol. The molecular formula is C16H23ClN2O3. The van der Waals surface area contributed by atoms with E-state index in [4.69, 9.17) is 4.74 Å². The first-order chi connectivity index (χ1) is 10.1. The smallest absolute Gasteiger partial charge is 0.307 e. The summed E-state index contributed by atoms with van der Waals surface area (Å²) in [6.07, 6.45) is 0.141. The molecule has 1 saturated heterocycles. The molecule has 0 saturated carbocycles. The van der Waals surface area contributed by atoms with Crippen LogP contribution in [0.25, 0.3) is 0 Å². The Kier molecular flexibility index (Phi) is 7.35. The van der Waals surface area contributed by atoms with E-state index in [1.54, 1.807) is 0 Å². The second-order valence-corrected chi connectivity index (χ2v) is 5.46. The van der Waals surface area contributed by atoms with E-state index in [9.17, 15) is 9.59 Å². The average molecular weight is 327 g/mol. The van der Waals surface area contributed by atoms with Gasteiger partial charge in [0.25, 0.3) is 0 Å². The van der Waals surface area contributed by atoms with Crippen molar-refractivity contribution in [3.63, 3.8) is 0 Å². The average Bonchev–Trinajstić information content (AvgIpc) is 2.45. The summed E-state index contributed by atoms with van der Waals surface area (Å²) in [5.41, 5.74) is 0.912.